The van der Waals surface area contributed by atoms with Crippen molar-refractivity contribution >= 4 is 27.7 Å². The molecule has 0 aliphatic carbocycles. The van der Waals surface area contributed by atoms with Gasteiger partial charge in [0.25, 0.3) is 0 Å². The maximum absolute atomic E-state index is 11.5. The number of nitrogens with zero attached hydrogens (tertiary/aromatic N) is 2. The Labute approximate surface area is 97.3 Å². The number of aromatic nitrogens is 2. The second-order valence-electron chi connectivity index (χ2n) is 3.35. The van der Waals surface area contributed by atoms with E-state index >= 15 is 0 Å². The highest BCUT2D eigenvalue weighted by molar-refractivity contribution is 7.18. The number of carbonyl (C=O) groups excluding carboxylic acids is 1. The zero-order chi connectivity index (χ0) is 11.5. The fraction of sp³-hybridized carbons (Fsp3) is 0.364. The molecule has 2 aromatic rings. The fourth-order valence-corrected chi connectivity index (χ4v) is 2.29. The molecule has 0 amide bonds. The summed E-state index contributed by atoms with van der Waals surface area (Å²) in [4.78, 5) is 21.0. The number of esters is 1. The molecule has 1 unspecified atom stereocenters. The van der Waals surface area contributed by atoms with Gasteiger partial charge in [0.1, 0.15) is 21.3 Å². The van der Waals surface area contributed by atoms with Gasteiger partial charge < -0.3 is 4.74 Å². The molecule has 0 aromatic carbocycles. The highest BCUT2D eigenvalue weighted by Crippen LogP contribution is 2.26. The van der Waals surface area contributed by atoms with Gasteiger partial charge in [-0.05, 0) is 26.0 Å². The normalized spacial score (nSPS) is 12.6. The van der Waals surface area contributed by atoms with Gasteiger partial charge in [0, 0.05) is 6.20 Å². The van der Waals surface area contributed by atoms with E-state index in [9.17, 15) is 4.79 Å². The Morgan fingerprint density at radius 3 is 3.12 bits per heavy atom. The summed E-state index contributed by atoms with van der Waals surface area (Å²) in [6.07, 6.45) is 1.72. The third-order valence-corrected chi connectivity index (χ3v) is 3.36. The highest BCUT2D eigenvalue weighted by atomic mass is 32.1. The predicted molar refractivity (Wildman–Crippen MR) is 62.5 cm³/mol. The Kier molecular flexibility index (Phi) is 3.14. The van der Waals surface area contributed by atoms with Gasteiger partial charge >= 0.3 is 5.97 Å². The molecule has 0 aliphatic heterocycles. The monoisotopic (exact) mass is 236 g/mol. The van der Waals surface area contributed by atoms with Crippen LogP contribution in [-0.4, -0.2) is 22.5 Å². The lowest BCUT2D eigenvalue weighted by molar-refractivity contribution is -0.144. The first kappa shape index (κ1) is 11.0. The molecule has 0 radical (unpaired) electrons. The average Bonchev–Trinajstić information content (AvgIpc) is 2.71. The molecule has 1 atom stereocenters. The Bertz CT molecular complexity index is 476. The van der Waals surface area contributed by atoms with Crippen molar-refractivity contribution in [1.82, 2.24) is 9.97 Å². The third-order valence-electron chi connectivity index (χ3n) is 2.19. The standard InChI is InChI=1S/C11H12N2O2S/c1-3-15-11(14)7(2)9-13-8-5-4-6-12-10(8)16-9/h4-7H,3H2,1-2H3. The lowest BCUT2D eigenvalue weighted by Crippen LogP contribution is -2.12. The number of carbonyl (C=O) groups is 1. The minimum atomic E-state index is -0.320. The van der Waals surface area contributed by atoms with Crippen LogP contribution in [0.25, 0.3) is 10.3 Å². The molecule has 4 nitrogen and oxygen atoms in total. The van der Waals surface area contributed by atoms with Crippen molar-refractivity contribution in [3.8, 4) is 0 Å². The van der Waals surface area contributed by atoms with Gasteiger partial charge in [-0.15, -0.1) is 0 Å². The van der Waals surface area contributed by atoms with Crippen molar-refractivity contribution in [1.29, 1.82) is 0 Å². The first-order chi connectivity index (χ1) is 7.72. The molecule has 0 saturated heterocycles. The average molecular weight is 236 g/mol. The number of pyridine rings is 1. The molecule has 2 aromatic heterocycles. The van der Waals surface area contributed by atoms with Gasteiger partial charge in [-0.25, -0.2) is 9.97 Å². The molecule has 0 bridgehead atoms. The summed E-state index contributed by atoms with van der Waals surface area (Å²) in [5.74, 6) is -0.555. The molecule has 0 N–H and O–H groups in total. The van der Waals surface area contributed by atoms with Crippen molar-refractivity contribution in [2.45, 2.75) is 19.8 Å². The molecule has 84 valence electrons. The van der Waals surface area contributed by atoms with E-state index < -0.39 is 0 Å². The molecule has 16 heavy (non-hydrogen) atoms. The van der Waals surface area contributed by atoms with E-state index in [0.29, 0.717) is 6.61 Å². The van der Waals surface area contributed by atoms with Crippen molar-refractivity contribution in [3.63, 3.8) is 0 Å². The second kappa shape index (κ2) is 4.57. The maximum Gasteiger partial charge on any atom is 0.315 e. The van der Waals surface area contributed by atoms with Crippen LogP contribution in [0.15, 0.2) is 18.3 Å². The third kappa shape index (κ3) is 2.04. The first-order valence-electron chi connectivity index (χ1n) is 5.10. The van der Waals surface area contributed by atoms with Crippen molar-refractivity contribution < 1.29 is 9.53 Å². The van der Waals surface area contributed by atoms with Crippen molar-refractivity contribution in [2.24, 2.45) is 0 Å². The van der Waals surface area contributed by atoms with Gasteiger partial charge in [-0.3, -0.25) is 4.79 Å². The highest BCUT2D eigenvalue weighted by Gasteiger charge is 2.20. The molecular weight excluding hydrogens is 224 g/mol. The smallest absolute Gasteiger partial charge is 0.315 e. The number of hydrogen-bond acceptors (Lipinski definition) is 5. The number of hydrogen-bond donors (Lipinski definition) is 0. The van der Waals surface area contributed by atoms with E-state index in [2.05, 4.69) is 9.97 Å². The molecule has 0 saturated carbocycles. The molecule has 0 spiro atoms. The topological polar surface area (TPSA) is 52.1 Å². The van der Waals surface area contributed by atoms with E-state index in [-0.39, 0.29) is 11.9 Å². The van der Waals surface area contributed by atoms with Crippen LogP contribution in [0, 0.1) is 0 Å². The quantitative estimate of drug-likeness (QED) is 0.768. The maximum atomic E-state index is 11.5. The van der Waals surface area contributed by atoms with E-state index in [4.69, 9.17) is 4.74 Å². The van der Waals surface area contributed by atoms with Crippen LogP contribution in [-0.2, 0) is 9.53 Å². The van der Waals surface area contributed by atoms with Crippen LogP contribution in [0.1, 0.15) is 24.8 Å². The molecular formula is C11H12N2O2S. The van der Waals surface area contributed by atoms with Crippen LogP contribution >= 0.6 is 11.3 Å². The fourth-order valence-electron chi connectivity index (χ4n) is 1.34. The van der Waals surface area contributed by atoms with E-state index in [1.165, 1.54) is 11.3 Å². The van der Waals surface area contributed by atoms with Crippen LogP contribution in [0.3, 0.4) is 0 Å². The molecule has 0 aliphatic rings. The van der Waals surface area contributed by atoms with Crippen LogP contribution in [0.5, 0.6) is 0 Å². The van der Waals surface area contributed by atoms with Crippen LogP contribution in [0.4, 0.5) is 0 Å². The summed E-state index contributed by atoms with van der Waals surface area (Å²) < 4.78 is 4.96. The Hall–Kier alpha value is -1.49. The molecule has 0 fully saturated rings. The second-order valence-corrected chi connectivity index (χ2v) is 4.36. The number of fused-ring (bicyclic) bond motifs is 1. The van der Waals surface area contributed by atoms with Gasteiger partial charge in [0.2, 0.25) is 0 Å². The number of ether oxygens (including phenoxy) is 1. The SMILES string of the molecule is CCOC(=O)C(C)c1nc2cccnc2s1. The predicted octanol–water partition coefficient (Wildman–Crippen LogP) is 2.36. The summed E-state index contributed by atoms with van der Waals surface area (Å²) in [7, 11) is 0. The first-order valence-corrected chi connectivity index (χ1v) is 5.92. The van der Waals surface area contributed by atoms with E-state index in [0.717, 1.165) is 15.4 Å². The number of rotatable bonds is 3. The van der Waals surface area contributed by atoms with Gasteiger partial charge in [0.05, 0.1) is 6.61 Å². The Morgan fingerprint density at radius 2 is 2.44 bits per heavy atom. The summed E-state index contributed by atoms with van der Waals surface area (Å²) >= 11 is 1.44. The molecule has 5 heteroatoms. The molecule has 2 heterocycles. The minimum absolute atomic E-state index is 0.235. The largest absolute Gasteiger partial charge is 0.465 e. The van der Waals surface area contributed by atoms with E-state index in [1.54, 1.807) is 20.0 Å². The zero-order valence-electron chi connectivity index (χ0n) is 9.14. The van der Waals surface area contributed by atoms with E-state index in [1.807, 2.05) is 12.1 Å². The summed E-state index contributed by atoms with van der Waals surface area (Å²) in [6, 6.07) is 3.72. The summed E-state index contributed by atoms with van der Waals surface area (Å²) in [5, 5.41) is 0.757. The van der Waals surface area contributed by atoms with Crippen LogP contribution < -0.4 is 0 Å². The molecule has 2 rings (SSSR count). The van der Waals surface area contributed by atoms with Gasteiger partial charge in [0.15, 0.2) is 0 Å². The Morgan fingerprint density at radius 1 is 1.62 bits per heavy atom. The zero-order valence-corrected chi connectivity index (χ0v) is 9.95. The van der Waals surface area contributed by atoms with Crippen molar-refractivity contribution in [2.75, 3.05) is 6.61 Å². The lowest BCUT2D eigenvalue weighted by Gasteiger charge is -2.06. The van der Waals surface area contributed by atoms with Gasteiger partial charge in [-0.1, -0.05) is 11.3 Å². The summed E-state index contributed by atoms with van der Waals surface area (Å²) in [6.45, 7) is 3.99. The summed E-state index contributed by atoms with van der Waals surface area (Å²) in [5.41, 5.74) is 0.832. The van der Waals surface area contributed by atoms with Gasteiger partial charge in [-0.2, -0.15) is 0 Å². The minimum Gasteiger partial charge on any atom is -0.465 e. The lowest BCUT2D eigenvalue weighted by atomic mass is 10.2. The van der Waals surface area contributed by atoms with Crippen LogP contribution in [0.2, 0.25) is 0 Å². The number of thiazole rings is 1. The van der Waals surface area contributed by atoms with Crippen molar-refractivity contribution in [3.05, 3.63) is 23.3 Å². The Balaban J connectivity index is 2.29.